The Hall–Kier alpha value is -2.82. The number of phenols is 1. The zero-order valence-corrected chi connectivity index (χ0v) is 15.2. The van der Waals surface area contributed by atoms with Crippen LogP contribution in [0.25, 0.3) is 0 Å². The van der Waals surface area contributed by atoms with Gasteiger partial charge in [0.05, 0.1) is 5.92 Å². The Bertz CT molecular complexity index is 768. The lowest BCUT2D eigenvalue weighted by Gasteiger charge is -2.13. The summed E-state index contributed by atoms with van der Waals surface area (Å²) >= 11 is 0. The van der Waals surface area contributed by atoms with E-state index in [4.69, 9.17) is 0 Å². The van der Waals surface area contributed by atoms with E-state index in [9.17, 15) is 19.8 Å². The van der Waals surface area contributed by atoms with Crippen molar-refractivity contribution >= 4 is 11.9 Å². The molecule has 2 aromatic carbocycles. The van der Waals surface area contributed by atoms with Crippen molar-refractivity contribution in [1.29, 1.82) is 0 Å². The maximum absolute atomic E-state index is 12.1. The van der Waals surface area contributed by atoms with Crippen molar-refractivity contribution in [3.8, 4) is 5.75 Å². The number of carboxylic acids is 1. The molecule has 2 rings (SSSR count). The molecule has 0 spiro atoms. The molecule has 0 saturated carbocycles. The van der Waals surface area contributed by atoms with E-state index in [0.717, 1.165) is 11.1 Å². The molecule has 5 heteroatoms. The van der Waals surface area contributed by atoms with Crippen LogP contribution in [0, 0.1) is 13.8 Å². The summed E-state index contributed by atoms with van der Waals surface area (Å²) in [6.07, 6.45) is 1.88. The summed E-state index contributed by atoms with van der Waals surface area (Å²) in [4.78, 5) is 23.6. The first-order valence-electron chi connectivity index (χ1n) is 8.75. The number of carbonyl (C=O) groups is 2. The molecule has 0 aliphatic rings. The number of amides is 1. The Kier molecular flexibility index (Phi) is 6.78. The normalized spacial score (nSPS) is 11.8. The largest absolute Gasteiger partial charge is 0.508 e. The smallest absolute Gasteiger partial charge is 0.310 e. The van der Waals surface area contributed by atoms with Gasteiger partial charge in [0.1, 0.15) is 5.75 Å². The Labute approximate surface area is 153 Å². The van der Waals surface area contributed by atoms with E-state index in [2.05, 4.69) is 5.32 Å². The van der Waals surface area contributed by atoms with Gasteiger partial charge in [0.2, 0.25) is 0 Å². The average Bonchev–Trinajstić information content (AvgIpc) is 2.61. The van der Waals surface area contributed by atoms with Gasteiger partial charge in [0, 0.05) is 12.1 Å². The van der Waals surface area contributed by atoms with Crippen molar-refractivity contribution in [3.63, 3.8) is 0 Å². The van der Waals surface area contributed by atoms with Gasteiger partial charge in [-0.25, -0.2) is 0 Å². The van der Waals surface area contributed by atoms with Gasteiger partial charge in [0.15, 0.2) is 0 Å². The number of aromatic hydroxyl groups is 1. The standard InChI is InChI=1S/C21H25NO4/c1-14-6-7-17(13-15(14)2)20(24)22-12-4-3-5-19(21(25)26)16-8-10-18(23)11-9-16/h6-11,13,19,23H,3-5,12H2,1-2H3,(H,22,24)(H,25,26). The highest BCUT2D eigenvalue weighted by molar-refractivity contribution is 5.94. The van der Waals surface area contributed by atoms with E-state index in [0.29, 0.717) is 36.9 Å². The van der Waals surface area contributed by atoms with E-state index in [1.807, 2.05) is 32.0 Å². The Morgan fingerprint density at radius 3 is 2.31 bits per heavy atom. The fourth-order valence-electron chi connectivity index (χ4n) is 2.80. The van der Waals surface area contributed by atoms with Crippen LogP contribution in [0.5, 0.6) is 5.75 Å². The van der Waals surface area contributed by atoms with Crippen molar-refractivity contribution in [1.82, 2.24) is 5.32 Å². The Balaban J connectivity index is 1.79. The average molecular weight is 355 g/mol. The number of benzene rings is 2. The monoisotopic (exact) mass is 355 g/mol. The molecule has 0 aromatic heterocycles. The second-order valence-corrected chi connectivity index (χ2v) is 6.53. The molecule has 0 fully saturated rings. The molecule has 2 aromatic rings. The van der Waals surface area contributed by atoms with Crippen LogP contribution in [-0.4, -0.2) is 28.6 Å². The maximum Gasteiger partial charge on any atom is 0.310 e. The summed E-state index contributed by atoms with van der Waals surface area (Å²) in [6.45, 7) is 4.49. The lowest BCUT2D eigenvalue weighted by molar-refractivity contribution is -0.139. The van der Waals surface area contributed by atoms with Crippen molar-refractivity contribution in [3.05, 3.63) is 64.7 Å². The summed E-state index contributed by atoms with van der Waals surface area (Å²) < 4.78 is 0. The predicted molar refractivity (Wildman–Crippen MR) is 101 cm³/mol. The fraction of sp³-hybridized carbons (Fsp3) is 0.333. The molecule has 138 valence electrons. The number of aliphatic carboxylic acids is 1. The van der Waals surface area contributed by atoms with Crippen LogP contribution < -0.4 is 5.32 Å². The first-order chi connectivity index (χ1) is 12.4. The van der Waals surface area contributed by atoms with Crippen LogP contribution in [-0.2, 0) is 4.79 Å². The van der Waals surface area contributed by atoms with Gasteiger partial charge in [-0.15, -0.1) is 0 Å². The van der Waals surface area contributed by atoms with Crippen molar-refractivity contribution in [2.75, 3.05) is 6.54 Å². The molecule has 0 aliphatic carbocycles. The molecule has 0 heterocycles. The van der Waals surface area contributed by atoms with Crippen LogP contribution in [0.15, 0.2) is 42.5 Å². The van der Waals surface area contributed by atoms with E-state index < -0.39 is 11.9 Å². The van der Waals surface area contributed by atoms with Crippen LogP contribution >= 0.6 is 0 Å². The SMILES string of the molecule is Cc1ccc(C(=O)NCCCCC(C(=O)O)c2ccc(O)cc2)cc1C. The van der Waals surface area contributed by atoms with Gasteiger partial charge in [0.25, 0.3) is 5.91 Å². The molecule has 5 nitrogen and oxygen atoms in total. The lowest BCUT2D eigenvalue weighted by Crippen LogP contribution is -2.24. The molecule has 1 unspecified atom stereocenters. The predicted octanol–water partition coefficient (Wildman–Crippen LogP) is 3.78. The molecule has 0 radical (unpaired) electrons. The molecule has 0 bridgehead atoms. The number of nitrogens with one attached hydrogen (secondary N) is 1. The first-order valence-corrected chi connectivity index (χ1v) is 8.75. The number of carboxylic acid groups (broad SMARTS) is 1. The third kappa shape index (κ3) is 5.34. The second kappa shape index (κ2) is 9.04. The number of rotatable bonds is 8. The summed E-state index contributed by atoms with van der Waals surface area (Å²) in [5, 5.41) is 21.6. The zero-order chi connectivity index (χ0) is 19.1. The van der Waals surface area contributed by atoms with Gasteiger partial charge < -0.3 is 15.5 Å². The molecule has 1 amide bonds. The van der Waals surface area contributed by atoms with Crippen molar-refractivity contribution < 1.29 is 19.8 Å². The molecule has 1 atom stereocenters. The number of hydrogen-bond donors (Lipinski definition) is 3. The summed E-state index contributed by atoms with van der Waals surface area (Å²) in [5.41, 5.74) is 3.54. The van der Waals surface area contributed by atoms with Crippen LogP contribution in [0.4, 0.5) is 0 Å². The number of aryl methyl sites for hydroxylation is 2. The summed E-state index contributed by atoms with van der Waals surface area (Å²) in [5.74, 6) is -1.48. The lowest BCUT2D eigenvalue weighted by atomic mass is 9.93. The van der Waals surface area contributed by atoms with Crippen LogP contribution in [0.1, 0.15) is 52.2 Å². The topological polar surface area (TPSA) is 86.6 Å². The molecule has 3 N–H and O–H groups in total. The molecule has 26 heavy (non-hydrogen) atoms. The number of unbranched alkanes of at least 4 members (excludes halogenated alkanes) is 1. The highest BCUT2D eigenvalue weighted by Crippen LogP contribution is 2.24. The molecular weight excluding hydrogens is 330 g/mol. The second-order valence-electron chi connectivity index (χ2n) is 6.53. The number of carbonyl (C=O) groups excluding carboxylic acids is 1. The minimum absolute atomic E-state index is 0.110. The highest BCUT2D eigenvalue weighted by atomic mass is 16.4. The van der Waals surface area contributed by atoms with Gasteiger partial charge >= 0.3 is 5.97 Å². The van der Waals surface area contributed by atoms with E-state index >= 15 is 0 Å². The molecular formula is C21H25NO4. The Morgan fingerprint density at radius 1 is 1.00 bits per heavy atom. The molecule has 0 saturated heterocycles. The summed E-state index contributed by atoms with van der Waals surface area (Å²) in [6, 6.07) is 11.9. The molecule has 0 aliphatic heterocycles. The Morgan fingerprint density at radius 2 is 1.69 bits per heavy atom. The highest BCUT2D eigenvalue weighted by Gasteiger charge is 2.19. The van der Waals surface area contributed by atoms with Crippen LogP contribution in [0.2, 0.25) is 0 Å². The van der Waals surface area contributed by atoms with E-state index in [-0.39, 0.29) is 11.7 Å². The van der Waals surface area contributed by atoms with Crippen molar-refractivity contribution in [2.45, 2.75) is 39.0 Å². The van der Waals surface area contributed by atoms with Gasteiger partial charge in [-0.2, -0.15) is 0 Å². The minimum atomic E-state index is -0.880. The fourth-order valence-corrected chi connectivity index (χ4v) is 2.80. The van der Waals surface area contributed by atoms with Crippen LogP contribution in [0.3, 0.4) is 0 Å². The third-order valence-corrected chi connectivity index (χ3v) is 4.57. The minimum Gasteiger partial charge on any atom is -0.508 e. The van der Waals surface area contributed by atoms with Gasteiger partial charge in [-0.05, 0) is 67.6 Å². The number of phenolic OH excluding ortho intramolecular Hbond substituents is 1. The number of hydrogen-bond acceptors (Lipinski definition) is 3. The zero-order valence-electron chi connectivity index (χ0n) is 15.2. The van der Waals surface area contributed by atoms with E-state index in [1.165, 1.54) is 12.1 Å². The first kappa shape index (κ1) is 19.5. The summed E-state index contributed by atoms with van der Waals surface area (Å²) in [7, 11) is 0. The third-order valence-electron chi connectivity index (χ3n) is 4.57. The van der Waals surface area contributed by atoms with Gasteiger partial charge in [-0.1, -0.05) is 24.6 Å². The van der Waals surface area contributed by atoms with Crippen molar-refractivity contribution in [2.24, 2.45) is 0 Å². The quantitative estimate of drug-likeness (QED) is 0.629. The van der Waals surface area contributed by atoms with E-state index in [1.54, 1.807) is 12.1 Å². The van der Waals surface area contributed by atoms with Gasteiger partial charge in [-0.3, -0.25) is 9.59 Å². The maximum atomic E-state index is 12.1.